The fourth-order valence-corrected chi connectivity index (χ4v) is 3.89. The van der Waals surface area contributed by atoms with Crippen LogP contribution < -0.4 is 0 Å². The molecular formula is C10H16O4S. The minimum absolute atomic E-state index is 0.0788. The van der Waals surface area contributed by atoms with E-state index in [1.54, 1.807) is 0 Å². The molecule has 0 saturated heterocycles. The Hall–Kier alpha value is -0.710. The molecule has 86 valence electrons. The second-order valence-corrected chi connectivity index (χ2v) is 5.07. The molecule has 0 heterocycles. The fraction of sp³-hybridized carbons (Fsp3) is 0.800. The number of methoxy groups -OCH3 is 2. The zero-order valence-corrected chi connectivity index (χ0v) is 10.4. The molecule has 1 atom stereocenters. The largest absolute Gasteiger partial charge is 0.468 e. The molecule has 1 aliphatic carbocycles. The minimum Gasteiger partial charge on any atom is -0.468 e. The molecule has 0 aromatic carbocycles. The lowest BCUT2D eigenvalue weighted by Gasteiger charge is -2.14. The molecule has 4 nitrogen and oxygen atoms in total. The molecular weight excluding hydrogens is 216 g/mol. The van der Waals surface area contributed by atoms with E-state index in [1.807, 2.05) is 20.1 Å². The highest BCUT2D eigenvalue weighted by Crippen LogP contribution is 2.69. The summed E-state index contributed by atoms with van der Waals surface area (Å²) in [6.07, 6.45) is 1.88. The van der Waals surface area contributed by atoms with Crippen LogP contribution in [0, 0.1) is 10.8 Å². The van der Waals surface area contributed by atoms with E-state index < -0.39 is 22.8 Å². The summed E-state index contributed by atoms with van der Waals surface area (Å²) < 4.78 is 9.43. The van der Waals surface area contributed by atoms with Gasteiger partial charge in [0, 0.05) is 10.7 Å². The SMILES string of the molecule is COC(=O)C1(C(=O)OC)C(SC)C1(C)C. The van der Waals surface area contributed by atoms with Crippen LogP contribution in [0.2, 0.25) is 0 Å². The highest BCUT2D eigenvalue weighted by molar-refractivity contribution is 7.99. The average Bonchev–Trinajstić information content (AvgIpc) is 2.73. The van der Waals surface area contributed by atoms with Gasteiger partial charge in [-0.3, -0.25) is 9.59 Å². The molecule has 0 radical (unpaired) electrons. The molecule has 5 heteroatoms. The normalized spacial score (nSPS) is 25.5. The molecule has 15 heavy (non-hydrogen) atoms. The summed E-state index contributed by atoms with van der Waals surface area (Å²) in [4.78, 5) is 23.5. The third-order valence-electron chi connectivity index (χ3n) is 3.23. The second-order valence-electron chi connectivity index (χ2n) is 4.13. The summed E-state index contributed by atoms with van der Waals surface area (Å²) in [5.74, 6) is -1.00. The molecule has 1 rings (SSSR count). The number of rotatable bonds is 3. The van der Waals surface area contributed by atoms with E-state index in [-0.39, 0.29) is 5.25 Å². The third-order valence-corrected chi connectivity index (χ3v) is 4.65. The Morgan fingerprint density at radius 3 is 1.73 bits per heavy atom. The van der Waals surface area contributed by atoms with Crippen molar-refractivity contribution in [3.8, 4) is 0 Å². The highest BCUT2D eigenvalue weighted by Gasteiger charge is 2.81. The van der Waals surface area contributed by atoms with Crippen LogP contribution in [0.1, 0.15) is 13.8 Å². The molecule has 1 aliphatic rings. The van der Waals surface area contributed by atoms with Crippen LogP contribution in [0.3, 0.4) is 0 Å². The van der Waals surface area contributed by atoms with Gasteiger partial charge in [0.2, 0.25) is 0 Å². The predicted octanol–water partition coefficient (Wildman–Crippen LogP) is 1.09. The zero-order valence-electron chi connectivity index (χ0n) is 9.62. The van der Waals surface area contributed by atoms with E-state index in [9.17, 15) is 9.59 Å². The van der Waals surface area contributed by atoms with Crippen molar-refractivity contribution in [3.63, 3.8) is 0 Å². The minimum atomic E-state index is -1.13. The van der Waals surface area contributed by atoms with Crippen LogP contribution in [0.25, 0.3) is 0 Å². The molecule has 0 amide bonds. The van der Waals surface area contributed by atoms with E-state index in [0.717, 1.165) is 0 Å². The van der Waals surface area contributed by atoms with Gasteiger partial charge >= 0.3 is 11.9 Å². The van der Waals surface area contributed by atoms with Gasteiger partial charge in [0.1, 0.15) is 0 Å². The van der Waals surface area contributed by atoms with Gasteiger partial charge in [0.15, 0.2) is 5.41 Å². The first-order valence-corrected chi connectivity index (χ1v) is 5.89. The van der Waals surface area contributed by atoms with Crippen LogP contribution in [-0.4, -0.2) is 37.7 Å². The summed E-state index contributed by atoms with van der Waals surface area (Å²) in [5.41, 5.74) is -1.54. The van der Waals surface area contributed by atoms with Crippen molar-refractivity contribution < 1.29 is 19.1 Å². The zero-order chi connectivity index (χ0) is 11.9. The van der Waals surface area contributed by atoms with Gasteiger partial charge in [-0.25, -0.2) is 0 Å². The predicted molar refractivity (Wildman–Crippen MR) is 57.5 cm³/mol. The Morgan fingerprint density at radius 1 is 1.13 bits per heavy atom. The first kappa shape index (κ1) is 12.4. The van der Waals surface area contributed by atoms with Crippen LogP contribution in [-0.2, 0) is 19.1 Å². The van der Waals surface area contributed by atoms with Crippen molar-refractivity contribution in [2.75, 3.05) is 20.5 Å². The van der Waals surface area contributed by atoms with Gasteiger partial charge in [0.25, 0.3) is 0 Å². The number of carbonyl (C=O) groups is 2. The Balaban J connectivity index is 3.13. The van der Waals surface area contributed by atoms with E-state index in [4.69, 9.17) is 9.47 Å². The lowest BCUT2D eigenvalue weighted by molar-refractivity contribution is -0.163. The molecule has 1 saturated carbocycles. The van der Waals surface area contributed by atoms with Crippen molar-refractivity contribution >= 4 is 23.7 Å². The van der Waals surface area contributed by atoms with Crippen LogP contribution in [0.4, 0.5) is 0 Å². The standard InChI is InChI=1S/C10H16O4S/c1-9(2)6(15-5)10(9,7(11)13-3)8(12)14-4/h6H,1-5H3. The summed E-state index contributed by atoms with van der Waals surface area (Å²) in [5, 5.41) is -0.0788. The molecule has 0 aromatic rings. The second kappa shape index (κ2) is 3.70. The summed E-state index contributed by atoms with van der Waals surface area (Å²) in [7, 11) is 2.58. The number of hydrogen-bond acceptors (Lipinski definition) is 5. The monoisotopic (exact) mass is 232 g/mol. The maximum absolute atomic E-state index is 11.7. The van der Waals surface area contributed by atoms with Gasteiger partial charge in [0.05, 0.1) is 14.2 Å². The number of carbonyl (C=O) groups excluding carboxylic acids is 2. The van der Waals surface area contributed by atoms with Gasteiger partial charge in [-0.15, -0.1) is 0 Å². The van der Waals surface area contributed by atoms with Crippen LogP contribution in [0.5, 0.6) is 0 Å². The van der Waals surface area contributed by atoms with Crippen molar-refractivity contribution in [3.05, 3.63) is 0 Å². The van der Waals surface area contributed by atoms with Gasteiger partial charge in [-0.1, -0.05) is 13.8 Å². The number of thioether (sulfide) groups is 1. The lowest BCUT2D eigenvalue weighted by Crippen LogP contribution is -2.33. The van der Waals surface area contributed by atoms with Crippen molar-refractivity contribution in [2.24, 2.45) is 10.8 Å². The smallest absolute Gasteiger partial charge is 0.325 e. The molecule has 0 aliphatic heterocycles. The molecule has 0 aromatic heterocycles. The number of ether oxygens (including phenoxy) is 2. The molecule has 0 spiro atoms. The van der Waals surface area contributed by atoms with Gasteiger partial charge in [-0.05, 0) is 6.26 Å². The molecule has 1 fully saturated rings. The summed E-state index contributed by atoms with van der Waals surface area (Å²) in [6.45, 7) is 3.75. The van der Waals surface area contributed by atoms with Crippen molar-refractivity contribution in [1.82, 2.24) is 0 Å². The first-order chi connectivity index (χ1) is 6.91. The van der Waals surface area contributed by atoms with Gasteiger partial charge < -0.3 is 9.47 Å². The Bertz CT molecular complexity index is 282. The van der Waals surface area contributed by atoms with Gasteiger partial charge in [-0.2, -0.15) is 11.8 Å². The maximum Gasteiger partial charge on any atom is 0.325 e. The average molecular weight is 232 g/mol. The van der Waals surface area contributed by atoms with Crippen LogP contribution >= 0.6 is 11.8 Å². The summed E-state index contributed by atoms with van der Waals surface area (Å²) in [6, 6.07) is 0. The number of hydrogen-bond donors (Lipinski definition) is 0. The fourth-order valence-electron chi connectivity index (χ4n) is 2.33. The first-order valence-electron chi connectivity index (χ1n) is 4.60. The van der Waals surface area contributed by atoms with E-state index >= 15 is 0 Å². The Labute approximate surface area is 93.7 Å². The van der Waals surface area contributed by atoms with E-state index in [2.05, 4.69) is 0 Å². The Morgan fingerprint density at radius 2 is 1.53 bits per heavy atom. The Kier molecular flexibility index (Phi) is 3.05. The molecule has 0 N–H and O–H groups in total. The van der Waals surface area contributed by atoms with Crippen molar-refractivity contribution in [1.29, 1.82) is 0 Å². The highest BCUT2D eigenvalue weighted by atomic mass is 32.2. The van der Waals surface area contributed by atoms with E-state index in [1.165, 1.54) is 26.0 Å². The van der Waals surface area contributed by atoms with E-state index in [0.29, 0.717) is 0 Å². The maximum atomic E-state index is 11.7. The summed E-state index contributed by atoms with van der Waals surface area (Å²) >= 11 is 1.49. The van der Waals surface area contributed by atoms with Crippen LogP contribution in [0.15, 0.2) is 0 Å². The number of esters is 2. The third kappa shape index (κ3) is 1.29. The van der Waals surface area contributed by atoms with Crippen molar-refractivity contribution in [2.45, 2.75) is 19.1 Å². The topological polar surface area (TPSA) is 52.6 Å². The lowest BCUT2D eigenvalue weighted by atomic mass is 9.96. The quantitative estimate of drug-likeness (QED) is 0.538. The molecule has 0 bridgehead atoms. The molecule has 1 unspecified atom stereocenters.